The Bertz CT molecular complexity index is 433. The van der Waals surface area contributed by atoms with Crippen molar-refractivity contribution in [3.8, 4) is 11.5 Å². The number of carbonyl (C=O) groups is 1. The number of rotatable bonds is 6. The fourth-order valence-electron chi connectivity index (χ4n) is 1.90. The van der Waals surface area contributed by atoms with Crippen LogP contribution >= 0.6 is 0 Å². The molecule has 100 valence electrons. The van der Waals surface area contributed by atoms with E-state index in [0.717, 1.165) is 5.56 Å². The monoisotopic (exact) mass is 253 g/mol. The summed E-state index contributed by atoms with van der Waals surface area (Å²) >= 11 is 0. The zero-order valence-electron chi connectivity index (χ0n) is 10.9. The van der Waals surface area contributed by atoms with Crippen molar-refractivity contribution in [2.75, 3.05) is 20.8 Å². The maximum absolute atomic E-state index is 11.0. The van der Waals surface area contributed by atoms with Crippen molar-refractivity contribution in [3.05, 3.63) is 23.8 Å². The second-order valence-electron chi connectivity index (χ2n) is 4.40. The van der Waals surface area contributed by atoms with E-state index in [1.165, 1.54) is 0 Å². The van der Waals surface area contributed by atoms with Crippen LogP contribution in [0.15, 0.2) is 18.2 Å². The summed E-state index contributed by atoms with van der Waals surface area (Å²) in [6, 6.07) is 5.29. The molecule has 1 atom stereocenters. The highest BCUT2D eigenvalue weighted by atomic mass is 16.5. The lowest BCUT2D eigenvalue weighted by atomic mass is 9.79. The van der Waals surface area contributed by atoms with Crippen LogP contribution in [0, 0.1) is 0 Å². The molecule has 3 N–H and O–H groups in total. The summed E-state index contributed by atoms with van der Waals surface area (Å²) in [5.74, 6) is 0.369. The summed E-state index contributed by atoms with van der Waals surface area (Å²) in [6.07, 6.45) is -0.0625. The number of ether oxygens (including phenoxy) is 2. The van der Waals surface area contributed by atoms with Crippen LogP contribution in [0.3, 0.4) is 0 Å². The molecule has 0 aliphatic carbocycles. The van der Waals surface area contributed by atoms with Crippen molar-refractivity contribution >= 4 is 5.97 Å². The van der Waals surface area contributed by atoms with Gasteiger partial charge in [0, 0.05) is 17.5 Å². The van der Waals surface area contributed by atoms with Gasteiger partial charge in [0.05, 0.1) is 20.6 Å². The summed E-state index contributed by atoms with van der Waals surface area (Å²) in [7, 11) is 3.10. The first-order valence-electron chi connectivity index (χ1n) is 5.61. The van der Waals surface area contributed by atoms with E-state index in [1.54, 1.807) is 39.3 Å². The highest BCUT2D eigenvalue weighted by molar-refractivity contribution is 5.69. The molecule has 0 radical (unpaired) electrons. The van der Waals surface area contributed by atoms with E-state index in [1.807, 2.05) is 0 Å². The molecule has 0 saturated carbocycles. The molecule has 0 aromatic heterocycles. The van der Waals surface area contributed by atoms with Crippen LogP contribution in [-0.4, -0.2) is 31.8 Å². The van der Waals surface area contributed by atoms with Gasteiger partial charge in [-0.25, -0.2) is 0 Å². The molecule has 0 aliphatic rings. The molecular weight excluding hydrogens is 234 g/mol. The van der Waals surface area contributed by atoms with Gasteiger partial charge in [-0.3, -0.25) is 4.79 Å². The van der Waals surface area contributed by atoms with Crippen LogP contribution < -0.4 is 15.2 Å². The predicted octanol–water partition coefficient (Wildman–Crippen LogP) is 1.39. The van der Waals surface area contributed by atoms with Gasteiger partial charge in [0.2, 0.25) is 0 Å². The molecule has 1 rings (SSSR count). The SMILES string of the molecule is COc1ccc(OC)c(C(C)(CN)CC(=O)O)c1. The molecule has 1 aromatic rings. The zero-order valence-corrected chi connectivity index (χ0v) is 10.9. The second-order valence-corrected chi connectivity index (χ2v) is 4.40. The van der Waals surface area contributed by atoms with Gasteiger partial charge < -0.3 is 20.3 Å². The van der Waals surface area contributed by atoms with E-state index in [4.69, 9.17) is 20.3 Å². The minimum absolute atomic E-state index is 0.0625. The number of hydrogen-bond donors (Lipinski definition) is 2. The van der Waals surface area contributed by atoms with Crippen LogP contribution in [0.25, 0.3) is 0 Å². The van der Waals surface area contributed by atoms with Crippen LogP contribution in [0.5, 0.6) is 11.5 Å². The van der Waals surface area contributed by atoms with E-state index in [9.17, 15) is 4.79 Å². The molecule has 0 aliphatic heterocycles. The lowest BCUT2D eigenvalue weighted by molar-refractivity contribution is -0.138. The quantitative estimate of drug-likeness (QED) is 0.800. The molecule has 18 heavy (non-hydrogen) atoms. The van der Waals surface area contributed by atoms with Crippen LogP contribution in [0.4, 0.5) is 0 Å². The minimum atomic E-state index is -0.896. The molecule has 0 bridgehead atoms. The van der Waals surface area contributed by atoms with E-state index >= 15 is 0 Å². The standard InChI is InChI=1S/C13H19NO4/c1-13(8-14,7-12(15)16)10-6-9(17-2)4-5-11(10)18-3/h4-6H,7-8,14H2,1-3H3,(H,15,16). The minimum Gasteiger partial charge on any atom is -0.497 e. The smallest absolute Gasteiger partial charge is 0.304 e. The predicted molar refractivity (Wildman–Crippen MR) is 68.2 cm³/mol. The van der Waals surface area contributed by atoms with E-state index in [-0.39, 0.29) is 13.0 Å². The molecule has 0 saturated heterocycles. The Kier molecular flexibility index (Phi) is 4.55. The number of methoxy groups -OCH3 is 2. The Morgan fingerprint density at radius 1 is 1.39 bits per heavy atom. The topological polar surface area (TPSA) is 81.8 Å². The largest absolute Gasteiger partial charge is 0.497 e. The van der Waals surface area contributed by atoms with Crippen LogP contribution in [0.2, 0.25) is 0 Å². The second kappa shape index (κ2) is 5.73. The molecular formula is C13H19NO4. The van der Waals surface area contributed by atoms with Crippen LogP contribution in [-0.2, 0) is 10.2 Å². The number of aliphatic carboxylic acids is 1. The molecule has 0 heterocycles. The van der Waals surface area contributed by atoms with Gasteiger partial charge in [-0.2, -0.15) is 0 Å². The first-order valence-corrected chi connectivity index (χ1v) is 5.61. The average Bonchev–Trinajstić information content (AvgIpc) is 2.37. The number of hydrogen-bond acceptors (Lipinski definition) is 4. The Morgan fingerprint density at radius 3 is 2.50 bits per heavy atom. The summed E-state index contributed by atoms with van der Waals surface area (Å²) in [4.78, 5) is 11.0. The lowest BCUT2D eigenvalue weighted by Crippen LogP contribution is -2.34. The summed E-state index contributed by atoms with van der Waals surface area (Å²) in [6.45, 7) is 2.02. The molecule has 0 fully saturated rings. The van der Waals surface area contributed by atoms with Gasteiger partial charge >= 0.3 is 5.97 Å². The zero-order chi connectivity index (χ0) is 13.8. The molecule has 0 amide bonds. The van der Waals surface area contributed by atoms with Crippen molar-refractivity contribution in [3.63, 3.8) is 0 Å². The fraction of sp³-hybridized carbons (Fsp3) is 0.462. The molecule has 0 spiro atoms. The van der Waals surface area contributed by atoms with Gasteiger partial charge in [-0.05, 0) is 18.2 Å². The van der Waals surface area contributed by atoms with Gasteiger partial charge in [-0.15, -0.1) is 0 Å². The molecule has 1 unspecified atom stereocenters. The molecule has 5 nitrogen and oxygen atoms in total. The number of benzene rings is 1. The number of carboxylic acid groups (broad SMARTS) is 1. The summed E-state index contributed by atoms with van der Waals surface area (Å²) in [5.41, 5.74) is 5.80. The third-order valence-electron chi connectivity index (χ3n) is 3.05. The fourth-order valence-corrected chi connectivity index (χ4v) is 1.90. The highest BCUT2D eigenvalue weighted by Crippen LogP contribution is 2.36. The third-order valence-corrected chi connectivity index (χ3v) is 3.05. The lowest BCUT2D eigenvalue weighted by Gasteiger charge is -2.28. The first kappa shape index (κ1) is 14.3. The van der Waals surface area contributed by atoms with E-state index < -0.39 is 11.4 Å². The number of carboxylic acids is 1. The van der Waals surface area contributed by atoms with E-state index in [2.05, 4.69) is 0 Å². The van der Waals surface area contributed by atoms with Crippen molar-refractivity contribution in [2.24, 2.45) is 5.73 Å². The van der Waals surface area contributed by atoms with Gasteiger partial charge in [-0.1, -0.05) is 6.92 Å². The maximum atomic E-state index is 11.0. The Hall–Kier alpha value is -1.75. The Labute approximate surface area is 107 Å². The summed E-state index contributed by atoms with van der Waals surface area (Å²) < 4.78 is 10.4. The molecule has 5 heteroatoms. The van der Waals surface area contributed by atoms with Crippen molar-refractivity contribution in [1.82, 2.24) is 0 Å². The van der Waals surface area contributed by atoms with Gasteiger partial charge in [0.15, 0.2) is 0 Å². The Balaban J connectivity index is 3.29. The highest BCUT2D eigenvalue weighted by Gasteiger charge is 2.31. The van der Waals surface area contributed by atoms with E-state index in [0.29, 0.717) is 11.5 Å². The van der Waals surface area contributed by atoms with Crippen molar-refractivity contribution in [1.29, 1.82) is 0 Å². The van der Waals surface area contributed by atoms with Crippen LogP contribution in [0.1, 0.15) is 18.9 Å². The normalized spacial score (nSPS) is 13.8. The van der Waals surface area contributed by atoms with Crippen molar-refractivity contribution < 1.29 is 19.4 Å². The van der Waals surface area contributed by atoms with Gasteiger partial charge in [0.25, 0.3) is 0 Å². The summed E-state index contributed by atoms with van der Waals surface area (Å²) in [5, 5.41) is 9.00. The third kappa shape index (κ3) is 2.92. The number of nitrogens with two attached hydrogens (primary N) is 1. The molecule has 1 aromatic carbocycles. The first-order chi connectivity index (χ1) is 8.46. The van der Waals surface area contributed by atoms with Gasteiger partial charge in [0.1, 0.15) is 11.5 Å². The van der Waals surface area contributed by atoms with Crippen molar-refractivity contribution in [2.45, 2.75) is 18.8 Å². The average molecular weight is 253 g/mol. The Morgan fingerprint density at radius 2 is 2.06 bits per heavy atom. The maximum Gasteiger partial charge on any atom is 0.304 e.